The van der Waals surface area contributed by atoms with Crippen molar-refractivity contribution in [1.82, 2.24) is 0 Å². The van der Waals surface area contributed by atoms with Crippen LogP contribution in [0.3, 0.4) is 0 Å². The summed E-state index contributed by atoms with van der Waals surface area (Å²) >= 11 is 3.19. The van der Waals surface area contributed by atoms with E-state index in [0.717, 1.165) is 6.07 Å². The van der Waals surface area contributed by atoms with Gasteiger partial charge in [0, 0.05) is 16.5 Å². The molecular formula is C15H11BrF4O. The zero-order valence-electron chi connectivity index (χ0n) is 10.8. The Morgan fingerprint density at radius 3 is 2.38 bits per heavy atom. The van der Waals surface area contributed by atoms with Crippen molar-refractivity contribution >= 4 is 15.9 Å². The summed E-state index contributed by atoms with van der Waals surface area (Å²) in [6.07, 6.45) is -4.43. The molecule has 0 aliphatic carbocycles. The maximum atomic E-state index is 13.1. The van der Waals surface area contributed by atoms with Crippen molar-refractivity contribution < 1.29 is 22.3 Å². The normalized spacial score (nSPS) is 11.5. The number of benzene rings is 2. The molecule has 0 saturated carbocycles. The van der Waals surface area contributed by atoms with E-state index in [1.807, 2.05) is 0 Å². The fourth-order valence-corrected chi connectivity index (χ4v) is 2.31. The number of ether oxygens (including phenoxy) is 1. The first-order chi connectivity index (χ1) is 9.91. The minimum absolute atomic E-state index is 0.0369. The summed E-state index contributed by atoms with van der Waals surface area (Å²) in [6, 6.07) is 9.10. The van der Waals surface area contributed by atoms with E-state index >= 15 is 0 Å². The molecule has 0 radical (unpaired) electrons. The molecule has 0 N–H and O–H groups in total. The minimum Gasteiger partial charge on any atom is -0.489 e. The molecule has 0 fully saturated rings. The lowest BCUT2D eigenvalue weighted by Crippen LogP contribution is -2.11. The van der Waals surface area contributed by atoms with Crippen LogP contribution in [0.1, 0.15) is 16.7 Å². The van der Waals surface area contributed by atoms with E-state index in [0.29, 0.717) is 16.6 Å². The van der Waals surface area contributed by atoms with Gasteiger partial charge in [0.2, 0.25) is 0 Å². The Morgan fingerprint density at radius 1 is 1.00 bits per heavy atom. The van der Waals surface area contributed by atoms with E-state index in [1.54, 1.807) is 0 Å². The molecule has 0 atom stereocenters. The van der Waals surface area contributed by atoms with Gasteiger partial charge in [-0.25, -0.2) is 4.39 Å². The third-order valence-electron chi connectivity index (χ3n) is 2.87. The highest BCUT2D eigenvalue weighted by Crippen LogP contribution is 2.32. The Hall–Kier alpha value is -1.56. The topological polar surface area (TPSA) is 9.23 Å². The largest absolute Gasteiger partial charge is 0.489 e. The molecule has 2 aromatic carbocycles. The van der Waals surface area contributed by atoms with Gasteiger partial charge >= 0.3 is 6.18 Å². The van der Waals surface area contributed by atoms with Gasteiger partial charge in [0.15, 0.2) is 0 Å². The maximum absolute atomic E-state index is 13.1. The predicted octanol–water partition coefficient (Wildman–Crippen LogP) is 5.32. The average Bonchev–Trinajstić information content (AvgIpc) is 2.45. The van der Waals surface area contributed by atoms with Crippen LogP contribution in [0, 0.1) is 5.82 Å². The lowest BCUT2D eigenvalue weighted by molar-refractivity contribution is -0.138. The second kappa shape index (κ2) is 6.47. The Bertz CT molecular complexity index is 625. The fourth-order valence-electron chi connectivity index (χ4n) is 1.87. The van der Waals surface area contributed by atoms with Crippen molar-refractivity contribution in [3.63, 3.8) is 0 Å². The van der Waals surface area contributed by atoms with Crippen LogP contribution < -0.4 is 4.74 Å². The van der Waals surface area contributed by atoms with E-state index in [1.165, 1.54) is 36.4 Å². The highest BCUT2D eigenvalue weighted by atomic mass is 79.9. The highest BCUT2D eigenvalue weighted by Gasteiger charge is 2.32. The zero-order chi connectivity index (χ0) is 15.5. The molecule has 21 heavy (non-hydrogen) atoms. The molecule has 6 heteroatoms. The predicted molar refractivity (Wildman–Crippen MR) is 74.8 cm³/mol. The van der Waals surface area contributed by atoms with Gasteiger partial charge in [0.1, 0.15) is 18.2 Å². The number of rotatable bonds is 4. The molecule has 1 nitrogen and oxygen atoms in total. The Balaban J connectivity index is 2.21. The van der Waals surface area contributed by atoms with Crippen molar-refractivity contribution in [2.75, 3.05) is 0 Å². The molecule has 2 aromatic rings. The van der Waals surface area contributed by atoms with E-state index in [9.17, 15) is 17.6 Å². The van der Waals surface area contributed by atoms with Crippen LogP contribution in [-0.2, 0) is 18.1 Å². The molecule has 0 unspecified atom stereocenters. The van der Waals surface area contributed by atoms with Crippen molar-refractivity contribution in [1.29, 1.82) is 0 Å². The fraction of sp³-hybridized carbons (Fsp3) is 0.200. The molecule has 0 aliphatic rings. The SMILES string of the molecule is Fc1ccc(OCc2ccccc2C(F)(F)F)c(CBr)c1. The molecule has 0 spiro atoms. The van der Waals surface area contributed by atoms with Crippen molar-refractivity contribution in [3.8, 4) is 5.75 Å². The molecule has 0 aromatic heterocycles. The van der Waals surface area contributed by atoms with Gasteiger partial charge in [0.25, 0.3) is 0 Å². The van der Waals surface area contributed by atoms with Crippen molar-refractivity contribution in [2.24, 2.45) is 0 Å². The molecule has 0 bridgehead atoms. The third kappa shape index (κ3) is 3.97. The summed E-state index contributed by atoms with van der Waals surface area (Å²) in [5.41, 5.74) is -0.151. The first kappa shape index (κ1) is 15.8. The van der Waals surface area contributed by atoms with Gasteiger partial charge in [-0.05, 0) is 24.3 Å². The van der Waals surface area contributed by atoms with Gasteiger partial charge in [-0.1, -0.05) is 34.1 Å². The minimum atomic E-state index is -4.43. The second-order valence-corrected chi connectivity index (χ2v) is 4.89. The maximum Gasteiger partial charge on any atom is 0.416 e. The quantitative estimate of drug-likeness (QED) is 0.528. The Labute approximate surface area is 127 Å². The highest BCUT2D eigenvalue weighted by molar-refractivity contribution is 9.08. The van der Waals surface area contributed by atoms with E-state index in [4.69, 9.17) is 4.74 Å². The standard InChI is InChI=1S/C15H11BrF4O/c16-8-11-7-12(17)5-6-14(11)21-9-10-3-1-2-4-13(10)15(18,19)20/h1-7H,8-9H2. The Morgan fingerprint density at radius 2 is 1.71 bits per heavy atom. The molecule has 0 aliphatic heterocycles. The smallest absolute Gasteiger partial charge is 0.416 e. The summed E-state index contributed by atoms with van der Waals surface area (Å²) in [7, 11) is 0. The van der Waals surface area contributed by atoms with E-state index in [2.05, 4.69) is 15.9 Å². The number of halogens is 5. The Kier molecular flexibility index (Phi) is 4.88. The average molecular weight is 363 g/mol. The van der Waals surface area contributed by atoms with Gasteiger partial charge in [-0.2, -0.15) is 13.2 Å². The monoisotopic (exact) mass is 362 g/mol. The number of hydrogen-bond acceptors (Lipinski definition) is 1. The molecule has 0 amide bonds. The molecule has 0 heterocycles. The van der Waals surface area contributed by atoms with Crippen LogP contribution in [0.25, 0.3) is 0 Å². The summed E-state index contributed by atoms with van der Waals surface area (Å²) in [4.78, 5) is 0. The number of hydrogen-bond donors (Lipinski definition) is 0. The van der Waals surface area contributed by atoms with Crippen LogP contribution in [0.5, 0.6) is 5.75 Å². The molecule has 112 valence electrons. The van der Waals surface area contributed by atoms with Gasteiger partial charge in [-0.15, -0.1) is 0 Å². The summed E-state index contributed by atoms with van der Waals surface area (Å²) in [5, 5.41) is 0.348. The number of alkyl halides is 4. The van der Waals surface area contributed by atoms with Gasteiger partial charge in [-0.3, -0.25) is 0 Å². The zero-order valence-corrected chi connectivity index (χ0v) is 12.3. The lowest BCUT2D eigenvalue weighted by atomic mass is 10.1. The van der Waals surface area contributed by atoms with Crippen LogP contribution in [-0.4, -0.2) is 0 Å². The first-order valence-electron chi connectivity index (χ1n) is 6.04. The van der Waals surface area contributed by atoms with Crippen LogP contribution in [0.15, 0.2) is 42.5 Å². The second-order valence-electron chi connectivity index (χ2n) is 4.33. The molecular weight excluding hydrogens is 352 g/mol. The van der Waals surface area contributed by atoms with E-state index in [-0.39, 0.29) is 12.2 Å². The summed E-state index contributed by atoms with van der Waals surface area (Å²) in [6.45, 7) is -0.235. The van der Waals surface area contributed by atoms with Crippen LogP contribution in [0.2, 0.25) is 0 Å². The van der Waals surface area contributed by atoms with Crippen LogP contribution in [0.4, 0.5) is 17.6 Å². The molecule has 2 rings (SSSR count). The van der Waals surface area contributed by atoms with Gasteiger partial charge < -0.3 is 4.74 Å². The third-order valence-corrected chi connectivity index (χ3v) is 3.48. The first-order valence-corrected chi connectivity index (χ1v) is 7.16. The van der Waals surface area contributed by atoms with Crippen molar-refractivity contribution in [2.45, 2.75) is 18.1 Å². The summed E-state index contributed by atoms with van der Waals surface area (Å²) in [5.74, 6) is -0.0715. The summed E-state index contributed by atoms with van der Waals surface area (Å²) < 4.78 is 57.1. The van der Waals surface area contributed by atoms with Crippen LogP contribution >= 0.6 is 15.9 Å². The van der Waals surface area contributed by atoms with Crippen molar-refractivity contribution in [3.05, 3.63) is 65.0 Å². The lowest BCUT2D eigenvalue weighted by Gasteiger charge is -2.14. The molecule has 0 saturated heterocycles. The van der Waals surface area contributed by atoms with E-state index < -0.39 is 17.6 Å². The van der Waals surface area contributed by atoms with Gasteiger partial charge in [0.05, 0.1) is 5.56 Å².